The minimum atomic E-state index is -0.438. The molecule has 0 bridgehead atoms. The molecular weight excluding hydrogens is 499 g/mol. The van der Waals surface area contributed by atoms with Crippen LogP contribution in [0.1, 0.15) is 67.6 Å². The number of ether oxygens (including phenoxy) is 2. The molecule has 3 aliphatic rings. The van der Waals surface area contributed by atoms with Gasteiger partial charge in [0.15, 0.2) is 17.3 Å². The third-order valence-electron chi connectivity index (χ3n) is 8.16. The Bertz CT molecular complexity index is 1610. The van der Waals surface area contributed by atoms with Crippen LogP contribution in [0, 0.1) is 5.82 Å². The normalized spacial score (nSPS) is 18.8. The van der Waals surface area contributed by atoms with Crippen LogP contribution in [0.5, 0.6) is 11.5 Å². The van der Waals surface area contributed by atoms with Crippen LogP contribution in [0.25, 0.3) is 16.5 Å². The Morgan fingerprint density at radius 3 is 2.59 bits per heavy atom. The lowest BCUT2D eigenvalue weighted by molar-refractivity contribution is 0.174. The summed E-state index contributed by atoms with van der Waals surface area (Å²) in [6, 6.07) is 12.0. The van der Waals surface area contributed by atoms with Gasteiger partial charge >= 0.3 is 0 Å². The van der Waals surface area contributed by atoms with Crippen LogP contribution in [0.3, 0.4) is 0 Å². The molecule has 1 N–H and O–H groups in total. The molecule has 0 saturated heterocycles. The Morgan fingerprint density at radius 2 is 1.82 bits per heavy atom. The number of halogens is 1. The predicted molar refractivity (Wildman–Crippen MR) is 143 cm³/mol. The van der Waals surface area contributed by atoms with Crippen molar-refractivity contribution in [3.05, 3.63) is 81.7 Å². The van der Waals surface area contributed by atoms with Gasteiger partial charge in [0, 0.05) is 30.1 Å². The molecule has 200 valence electrons. The molecule has 1 atom stereocenters. The molecule has 0 amide bonds. The third-order valence-corrected chi connectivity index (χ3v) is 8.16. The van der Waals surface area contributed by atoms with Gasteiger partial charge in [-0.2, -0.15) is 0 Å². The number of fused-ring (bicyclic) bond motifs is 2. The molecular formula is C29H29FN6O3. The smallest absolute Gasteiger partial charge is 0.253 e. The number of nitrogens with one attached hydrogen (secondary N) is 1. The number of aromatic amines is 1. The van der Waals surface area contributed by atoms with Gasteiger partial charge in [-0.3, -0.25) is 9.69 Å². The minimum Gasteiger partial charge on any atom is -0.454 e. The van der Waals surface area contributed by atoms with E-state index in [9.17, 15) is 9.18 Å². The summed E-state index contributed by atoms with van der Waals surface area (Å²) < 4.78 is 26.5. The number of nitrogens with zero attached hydrogens (tertiary/aromatic N) is 5. The molecule has 0 radical (unpaired) electrons. The van der Waals surface area contributed by atoms with Crippen molar-refractivity contribution < 1.29 is 13.9 Å². The van der Waals surface area contributed by atoms with E-state index in [1.54, 1.807) is 0 Å². The first-order valence-electron chi connectivity index (χ1n) is 13.6. The third kappa shape index (κ3) is 4.48. The Morgan fingerprint density at radius 1 is 1.03 bits per heavy atom. The Kier molecular flexibility index (Phi) is 6.11. The van der Waals surface area contributed by atoms with Gasteiger partial charge in [-0.1, -0.05) is 37.5 Å². The molecule has 4 aromatic rings. The Balaban J connectivity index is 1.31. The van der Waals surface area contributed by atoms with Crippen LogP contribution in [-0.4, -0.2) is 50.0 Å². The Labute approximate surface area is 224 Å². The number of aromatic nitrogens is 5. The van der Waals surface area contributed by atoms with Crippen molar-refractivity contribution in [2.24, 2.45) is 0 Å². The zero-order valence-electron chi connectivity index (χ0n) is 21.5. The van der Waals surface area contributed by atoms with E-state index in [4.69, 9.17) is 9.47 Å². The van der Waals surface area contributed by atoms with E-state index in [0.29, 0.717) is 41.5 Å². The predicted octanol–water partition coefficient (Wildman–Crippen LogP) is 4.77. The fourth-order valence-corrected chi connectivity index (χ4v) is 6.13. The average molecular weight is 529 g/mol. The molecule has 2 aromatic carbocycles. The highest BCUT2D eigenvalue weighted by atomic mass is 19.1. The van der Waals surface area contributed by atoms with Crippen molar-refractivity contribution in [2.45, 2.75) is 50.6 Å². The lowest BCUT2D eigenvalue weighted by atomic mass is 9.94. The summed E-state index contributed by atoms with van der Waals surface area (Å²) in [6.45, 7) is 1.47. The number of tetrazole rings is 1. The zero-order chi connectivity index (χ0) is 26.3. The fraction of sp³-hybridized carbons (Fsp3) is 0.379. The van der Waals surface area contributed by atoms with Gasteiger partial charge in [0.1, 0.15) is 11.9 Å². The van der Waals surface area contributed by atoms with Crippen molar-refractivity contribution in [3.63, 3.8) is 0 Å². The summed E-state index contributed by atoms with van der Waals surface area (Å²) in [6.07, 6.45) is 8.48. The topological polar surface area (TPSA) is 98.2 Å². The van der Waals surface area contributed by atoms with E-state index >= 15 is 0 Å². The van der Waals surface area contributed by atoms with E-state index in [1.807, 2.05) is 35.0 Å². The summed E-state index contributed by atoms with van der Waals surface area (Å²) in [5.41, 5.74) is 3.27. The molecule has 2 aromatic heterocycles. The number of pyridine rings is 1. The summed E-state index contributed by atoms with van der Waals surface area (Å²) in [5.74, 6) is 1.72. The van der Waals surface area contributed by atoms with E-state index in [2.05, 4.69) is 31.5 Å². The average Bonchev–Trinajstić information content (AvgIpc) is 3.63. The van der Waals surface area contributed by atoms with E-state index in [0.717, 1.165) is 48.6 Å². The van der Waals surface area contributed by atoms with Gasteiger partial charge in [-0.05, 0) is 65.1 Å². The maximum atomic E-state index is 13.6. The molecule has 1 saturated carbocycles. The first kappa shape index (κ1) is 24.0. The Hall–Kier alpha value is -4.05. The molecule has 9 nitrogen and oxygen atoms in total. The summed E-state index contributed by atoms with van der Waals surface area (Å²) in [5, 5.41) is 13.9. The molecule has 2 aliphatic heterocycles. The van der Waals surface area contributed by atoms with Gasteiger partial charge < -0.3 is 14.5 Å². The van der Waals surface area contributed by atoms with Gasteiger partial charge in [-0.25, -0.2) is 9.07 Å². The summed E-state index contributed by atoms with van der Waals surface area (Å²) >= 11 is 0. The number of benzene rings is 2. The summed E-state index contributed by atoms with van der Waals surface area (Å²) in [7, 11) is 0. The fourth-order valence-electron chi connectivity index (χ4n) is 6.13. The van der Waals surface area contributed by atoms with Crippen molar-refractivity contribution >= 4 is 16.5 Å². The van der Waals surface area contributed by atoms with Gasteiger partial charge in [-0.15, -0.1) is 5.10 Å². The van der Waals surface area contributed by atoms with E-state index < -0.39 is 6.04 Å². The molecule has 4 heterocycles. The van der Waals surface area contributed by atoms with Crippen molar-refractivity contribution in [1.82, 2.24) is 30.1 Å². The highest BCUT2D eigenvalue weighted by molar-refractivity contribution is 5.83. The lowest BCUT2D eigenvalue weighted by Crippen LogP contribution is -2.38. The van der Waals surface area contributed by atoms with Crippen molar-refractivity contribution in [1.29, 1.82) is 0 Å². The lowest BCUT2D eigenvalue weighted by Gasteiger charge is -2.34. The second-order valence-electron chi connectivity index (χ2n) is 10.5. The van der Waals surface area contributed by atoms with Gasteiger partial charge in [0.05, 0.1) is 11.6 Å². The minimum absolute atomic E-state index is 0.165. The molecule has 10 heteroatoms. The second-order valence-corrected chi connectivity index (χ2v) is 10.5. The SMILES string of the molecule is O=c1[nH]c2cc3c(cc2cc1[C@@H](c1nnnn1C1CCCCC1)N1CC=C(c2ccc(F)cc2)CC1)OCO3. The number of rotatable bonds is 5. The summed E-state index contributed by atoms with van der Waals surface area (Å²) in [4.78, 5) is 18.9. The van der Waals surface area contributed by atoms with Gasteiger partial charge in [0.2, 0.25) is 6.79 Å². The maximum absolute atomic E-state index is 13.6. The van der Waals surface area contributed by atoms with Gasteiger partial charge in [0.25, 0.3) is 5.56 Å². The quantitative estimate of drug-likeness (QED) is 0.399. The first-order valence-corrected chi connectivity index (χ1v) is 13.6. The first-order chi connectivity index (χ1) is 19.1. The molecule has 39 heavy (non-hydrogen) atoms. The molecule has 0 spiro atoms. The molecule has 0 unspecified atom stereocenters. The van der Waals surface area contributed by atoms with E-state index in [1.165, 1.54) is 18.6 Å². The molecule has 1 fully saturated rings. The highest BCUT2D eigenvalue weighted by Crippen LogP contribution is 2.38. The molecule has 1 aliphatic carbocycles. The monoisotopic (exact) mass is 528 g/mol. The largest absolute Gasteiger partial charge is 0.454 e. The van der Waals surface area contributed by atoms with Crippen LogP contribution in [0.4, 0.5) is 4.39 Å². The van der Waals surface area contributed by atoms with Crippen molar-refractivity contribution in [2.75, 3.05) is 19.9 Å². The second kappa shape index (κ2) is 9.92. The maximum Gasteiger partial charge on any atom is 0.253 e. The van der Waals surface area contributed by atoms with Crippen LogP contribution in [0.2, 0.25) is 0 Å². The standard InChI is InChI=1S/C29H29FN6O3/c30-21-8-6-18(7-9-21)19-10-12-35(13-11-19)27(28-32-33-34-36(28)22-4-2-1-3-5-22)23-14-20-15-25-26(39-17-38-25)16-24(20)31-29(23)37/h6-10,14-16,22,27H,1-5,11-13,17H2,(H,31,37)/t27-/m0/s1. The molecule has 7 rings (SSSR count). The zero-order valence-corrected chi connectivity index (χ0v) is 21.5. The highest BCUT2D eigenvalue weighted by Gasteiger charge is 2.33. The van der Waals surface area contributed by atoms with E-state index in [-0.39, 0.29) is 24.2 Å². The van der Waals surface area contributed by atoms with Crippen LogP contribution < -0.4 is 15.0 Å². The van der Waals surface area contributed by atoms with Crippen LogP contribution in [-0.2, 0) is 0 Å². The van der Waals surface area contributed by atoms with Crippen molar-refractivity contribution in [3.8, 4) is 11.5 Å². The van der Waals surface area contributed by atoms with Crippen LogP contribution >= 0.6 is 0 Å². The van der Waals surface area contributed by atoms with Crippen LogP contribution in [0.15, 0.2) is 53.3 Å². The number of hydrogen-bond acceptors (Lipinski definition) is 7. The number of hydrogen-bond donors (Lipinski definition) is 1. The number of H-pyrrole nitrogens is 1.